The highest BCUT2D eigenvalue weighted by Gasteiger charge is 2.13. The highest BCUT2D eigenvalue weighted by molar-refractivity contribution is 7.17. The van der Waals surface area contributed by atoms with Gasteiger partial charge in [0.1, 0.15) is 0 Å². The second kappa shape index (κ2) is 3.42. The molecule has 0 unspecified atom stereocenters. The molecular weight excluding hydrogens is 180 g/mol. The highest BCUT2D eigenvalue weighted by Crippen LogP contribution is 2.23. The molecule has 1 rings (SSSR count). The van der Waals surface area contributed by atoms with Crippen LogP contribution in [0.3, 0.4) is 0 Å². The quantitative estimate of drug-likeness (QED) is 0.429. The number of rotatable bonds is 3. The molecule has 0 saturated heterocycles. The normalized spacial score (nSPS) is 9.75. The second-order valence-electron chi connectivity index (χ2n) is 2.02. The number of hydrogen-bond donors (Lipinski definition) is 1. The van der Waals surface area contributed by atoms with Gasteiger partial charge in [0, 0.05) is 6.07 Å². The summed E-state index contributed by atoms with van der Waals surface area (Å²) in [5, 5.41) is 10.2. The van der Waals surface area contributed by atoms with E-state index in [4.69, 9.17) is 5.73 Å². The van der Waals surface area contributed by atoms with Crippen LogP contribution in [0.4, 0.5) is 5.00 Å². The maximum Gasteiger partial charge on any atom is 0.324 e. The Kier molecular flexibility index (Phi) is 2.51. The maximum absolute atomic E-state index is 10.9. The monoisotopic (exact) mass is 186 g/mol. The molecule has 1 aromatic heterocycles. The Bertz CT molecular complexity index is 320. The first-order valence-corrected chi connectivity index (χ1v) is 3.94. The molecule has 0 amide bonds. The summed E-state index contributed by atoms with van der Waals surface area (Å²) in [5.41, 5.74) is 5.08. The van der Waals surface area contributed by atoms with Gasteiger partial charge < -0.3 is 5.73 Å². The number of hydrogen-bond acceptors (Lipinski definition) is 5. The topological polar surface area (TPSA) is 86.2 Å². The minimum Gasteiger partial charge on any atom is -0.324 e. The van der Waals surface area contributed by atoms with Crippen molar-refractivity contribution in [2.24, 2.45) is 5.73 Å². The van der Waals surface area contributed by atoms with E-state index in [9.17, 15) is 14.9 Å². The lowest BCUT2D eigenvalue weighted by Crippen LogP contribution is -2.11. The highest BCUT2D eigenvalue weighted by atomic mass is 32.1. The van der Waals surface area contributed by atoms with Crippen molar-refractivity contribution in [3.63, 3.8) is 0 Å². The first-order valence-electron chi connectivity index (χ1n) is 3.12. The van der Waals surface area contributed by atoms with Gasteiger partial charge in [-0.25, -0.2) is 0 Å². The van der Waals surface area contributed by atoms with Gasteiger partial charge >= 0.3 is 5.00 Å². The van der Waals surface area contributed by atoms with Crippen LogP contribution < -0.4 is 5.73 Å². The third-order valence-electron chi connectivity index (χ3n) is 1.23. The van der Waals surface area contributed by atoms with Crippen molar-refractivity contribution in [2.45, 2.75) is 0 Å². The van der Waals surface area contributed by atoms with Crippen LogP contribution in [0, 0.1) is 10.1 Å². The van der Waals surface area contributed by atoms with E-state index in [1.807, 2.05) is 0 Å². The molecule has 64 valence electrons. The molecule has 12 heavy (non-hydrogen) atoms. The average molecular weight is 186 g/mol. The van der Waals surface area contributed by atoms with Gasteiger partial charge in [-0.15, -0.1) is 0 Å². The van der Waals surface area contributed by atoms with Gasteiger partial charge in [-0.2, -0.15) is 0 Å². The van der Waals surface area contributed by atoms with E-state index in [0.717, 1.165) is 11.3 Å². The van der Waals surface area contributed by atoms with Crippen LogP contribution >= 0.6 is 11.3 Å². The number of Topliss-reactive ketones (excluding diaryl/α,β-unsaturated/α-hetero) is 1. The molecule has 0 bridgehead atoms. The van der Waals surface area contributed by atoms with Crippen LogP contribution in [0.1, 0.15) is 9.67 Å². The number of nitrogens with two attached hydrogens (primary N) is 1. The summed E-state index contributed by atoms with van der Waals surface area (Å²) in [4.78, 5) is 20.9. The van der Waals surface area contributed by atoms with Gasteiger partial charge in [0.25, 0.3) is 0 Å². The molecule has 0 aromatic carbocycles. The molecule has 0 aliphatic heterocycles. The standard InChI is InChI=1S/C6H6N2O3S/c7-3-4(9)5-1-2-6(12-5)8(10)11/h1-2H,3,7H2. The Morgan fingerprint density at radius 1 is 1.67 bits per heavy atom. The van der Waals surface area contributed by atoms with Gasteiger partial charge in [0.15, 0.2) is 5.78 Å². The molecule has 2 N–H and O–H groups in total. The van der Waals surface area contributed by atoms with Crippen LogP contribution in [0.15, 0.2) is 12.1 Å². The number of nitro groups is 1. The summed E-state index contributed by atoms with van der Waals surface area (Å²) < 4.78 is 0. The van der Waals surface area contributed by atoms with E-state index >= 15 is 0 Å². The molecule has 0 aliphatic carbocycles. The molecule has 1 aromatic rings. The van der Waals surface area contributed by atoms with Crippen LogP contribution in [0.5, 0.6) is 0 Å². The zero-order valence-electron chi connectivity index (χ0n) is 6.02. The Balaban J connectivity index is 2.91. The van der Waals surface area contributed by atoms with Crippen molar-refractivity contribution in [2.75, 3.05) is 6.54 Å². The minimum absolute atomic E-state index is 0.0354. The Morgan fingerprint density at radius 3 is 2.75 bits per heavy atom. The van der Waals surface area contributed by atoms with Gasteiger partial charge in [-0.05, 0) is 6.07 Å². The van der Waals surface area contributed by atoms with Gasteiger partial charge in [0.05, 0.1) is 16.3 Å². The molecular formula is C6H6N2O3S. The van der Waals surface area contributed by atoms with E-state index in [-0.39, 0.29) is 17.3 Å². The molecule has 0 atom stereocenters. The maximum atomic E-state index is 10.9. The SMILES string of the molecule is NCC(=O)c1ccc([N+](=O)[O-])s1. The largest absolute Gasteiger partial charge is 0.324 e. The van der Waals surface area contributed by atoms with E-state index < -0.39 is 4.92 Å². The molecule has 0 spiro atoms. The lowest BCUT2D eigenvalue weighted by atomic mass is 10.3. The second-order valence-corrected chi connectivity index (χ2v) is 3.08. The number of nitrogens with zero attached hydrogens (tertiary/aromatic N) is 1. The predicted octanol–water partition coefficient (Wildman–Crippen LogP) is 0.798. The first-order chi connectivity index (χ1) is 5.65. The third-order valence-corrected chi connectivity index (χ3v) is 2.31. The van der Waals surface area contributed by atoms with Crippen LogP contribution in [-0.2, 0) is 0 Å². The number of carbonyl (C=O) groups excluding carboxylic acids is 1. The van der Waals surface area contributed by atoms with Crippen molar-refractivity contribution >= 4 is 22.1 Å². The molecule has 0 fully saturated rings. The lowest BCUT2D eigenvalue weighted by Gasteiger charge is -1.87. The van der Waals surface area contributed by atoms with Crippen LogP contribution in [0.2, 0.25) is 0 Å². The summed E-state index contributed by atoms with van der Waals surface area (Å²) in [6, 6.07) is 2.71. The molecule has 5 nitrogen and oxygen atoms in total. The molecule has 0 aliphatic rings. The fraction of sp³-hybridized carbons (Fsp3) is 0.167. The average Bonchev–Trinajstić information content (AvgIpc) is 2.51. The first kappa shape index (κ1) is 8.82. The Labute approximate surface area is 72.0 Å². The molecule has 0 radical (unpaired) electrons. The summed E-state index contributed by atoms with van der Waals surface area (Å²) in [6.07, 6.45) is 0. The number of ketones is 1. The van der Waals surface area contributed by atoms with Crippen molar-refractivity contribution < 1.29 is 9.72 Å². The molecule has 6 heteroatoms. The predicted molar refractivity (Wildman–Crippen MR) is 44.4 cm³/mol. The smallest absolute Gasteiger partial charge is 0.324 e. The van der Waals surface area contributed by atoms with Gasteiger partial charge in [-0.1, -0.05) is 11.3 Å². The summed E-state index contributed by atoms with van der Waals surface area (Å²) in [6.45, 7) is -0.113. The van der Waals surface area contributed by atoms with Crippen LogP contribution in [0.25, 0.3) is 0 Å². The fourth-order valence-corrected chi connectivity index (χ4v) is 1.45. The fourth-order valence-electron chi connectivity index (χ4n) is 0.676. The minimum atomic E-state index is -0.530. The molecule has 0 saturated carbocycles. The van der Waals surface area contributed by atoms with E-state index in [2.05, 4.69) is 0 Å². The summed E-state index contributed by atoms with van der Waals surface area (Å²) in [5.74, 6) is -0.270. The zero-order chi connectivity index (χ0) is 9.14. The summed E-state index contributed by atoms with van der Waals surface area (Å²) >= 11 is 0.845. The van der Waals surface area contributed by atoms with Crippen molar-refractivity contribution in [1.29, 1.82) is 0 Å². The molecule has 1 heterocycles. The van der Waals surface area contributed by atoms with E-state index in [1.165, 1.54) is 12.1 Å². The van der Waals surface area contributed by atoms with Gasteiger partial charge in [-0.3, -0.25) is 14.9 Å². The van der Waals surface area contributed by atoms with Crippen molar-refractivity contribution in [1.82, 2.24) is 0 Å². The van der Waals surface area contributed by atoms with E-state index in [1.54, 1.807) is 0 Å². The van der Waals surface area contributed by atoms with E-state index in [0.29, 0.717) is 4.88 Å². The number of thiophene rings is 1. The Hall–Kier alpha value is -1.27. The van der Waals surface area contributed by atoms with Crippen LogP contribution in [-0.4, -0.2) is 17.3 Å². The van der Waals surface area contributed by atoms with Crippen molar-refractivity contribution in [3.05, 3.63) is 27.1 Å². The third kappa shape index (κ3) is 1.66. The summed E-state index contributed by atoms with van der Waals surface area (Å²) in [7, 11) is 0. The van der Waals surface area contributed by atoms with Gasteiger partial charge in [0.2, 0.25) is 0 Å². The number of carbonyl (C=O) groups is 1. The Morgan fingerprint density at radius 2 is 2.33 bits per heavy atom. The zero-order valence-corrected chi connectivity index (χ0v) is 6.84. The van der Waals surface area contributed by atoms with Crippen molar-refractivity contribution in [3.8, 4) is 0 Å². The lowest BCUT2D eigenvalue weighted by molar-refractivity contribution is -0.380.